The summed E-state index contributed by atoms with van der Waals surface area (Å²) in [6.07, 6.45) is 2.33. The summed E-state index contributed by atoms with van der Waals surface area (Å²) >= 11 is 11.9. The predicted molar refractivity (Wildman–Crippen MR) is 102 cm³/mol. The summed E-state index contributed by atoms with van der Waals surface area (Å²) in [6, 6.07) is 6.64. The fourth-order valence-electron chi connectivity index (χ4n) is 2.95. The van der Waals surface area contributed by atoms with Gasteiger partial charge in [0.2, 0.25) is 5.95 Å². The van der Waals surface area contributed by atoms with Crippen LogP contribution in [0.15, 0.2) is 24.3 Å². The highest BCUT2D eigenvalue weighted by atomic mass is 35.5. The van der Waals surface area contributed by atoms with Crippen LogP contribution in [-0.2, 0) is 0 Å². The molecule has 1 aromatic carbocycles. The molecule has 1 aromatic heterocycles. The average Bonchev–Trinajstić information content (AvgIpc) is 2.57. The minimum Gasteiger partial charge on any atom is -0.341 e. The van der Waals surface area contributed by atoms with Gasteiger partial charge in [-0.15, -0.1) is 0 Å². The number of hydrogen-bond donors (Lipinski definition) is 1. The maximum Gasteiger partial charge on any atom is 0.274 e. The lowest BCUT2D eigenvalue weighted by atomic mass is 10.0. The van der Waals surface area contributed by atoms with E-state index in [0.717, 1.165) is 25.2 Å². The summed E-state index contributed by atoms with van der Waals surface area (Å²) in [5, 5.41) is 3.64. The van der Waals surface area contributed by atoms with E-state index in [1.165, 1.54) is 6.42 Å². The zero-order chi connectivity index (χ0) is 18.0. The van der Waals surface area contributed by atoms with Crippen molar-refractivity contribution in [1.29, 1.82) is 0 Å². The second-order valence-electron chi connectivity index (χ2n) is 6.47. The van der Waals surface area contributed by atoms with Crippen LogP contribution in [0.1, 0.15) is 35.9 Å². The fourth-order valence-corrected chi connectivity index (χ4v) is 3.25. The number of aromatic nitrogens is 2. The van der Waals surface area contributed by atoms with E-state index in [0.29, 0.717) is 33.3 Å². The molecule has 1 amide bonds. The van der Waals surface area contributed by atoms with Crippen molar-refractivity contribution in [1.82, 2.24) is 9.97 Å². The van der Waals surface area contributed by atoms with Crippen LogP contribution < -0.4 is 10.2 Å². The molecule has 0 saturated carbocycles. The maximum absolute atomic E-state index is 12.6. The molecule has 1 N–H and O–H groups in total. The zero-order valence-electron chi connectivity index (χ0n) is 14.2. The molecule has 1 atom stereocenters. The molecule has 1 unspecified atom stereocenters. The molecule has 0 radical (unpaired) electrons. The van der Waals surface area contributed by atoms with Crippen molar-refractivity contribution in [3.05, 3.63) is 45.7 Å². The first-order chi connectivity index (χ1) is 11.9. The van der Waals surface area contributed by atoms with Gasteiger partial charge < -0.3 is 10.2 Å². The van der Waals surface area contributed by atoms with Gasteiger partial charge in [0, 0.05) is 24.5 Å². The lowest BCUT2D eigenvalue weighted by Gasteiger charge is -2.31. The summed E-state index contributed by atoms with van der Waals surface area (Å²) in [5.74, 6) is 0.924. The van der Waals surface area contributed by atoms with Gasteiger partial charge in [-0.2, -0.15) is 0 Å². The van der Waals surface area contributed by atoms with Gasteiger partial charge in [0.1, 0.15) is 5.69 Å². The highest BCUT2D eigenvalue weighted by molar-refractivity contribution is 6.42. The summed E-state index contributed by atoms with van der Waals surface area (Å²) in [4.78, 5) is 23.7. The van der Waals surface area contributed by atoms with E-state index in [4.69, 9.17) is 23.2 Å². The van der Waals surface area contributed by atoms with Crippen molar-refractivity contribution in [3.63, 3.8) is 0 Å². The summed E-state index contributed by atoms with van der Waals surface area (Å²) in [7, 11) is 0. The van der Waals surface area contributed by atoms with Gasteiger partial charge in [-0.3, -0.25) is 4.79 Å². The molecule has 1 aliphatic heterocycles. The van der Waals surface area contributed by atoms with Crippen molar-refractivity contribution in [2.45, 2.75) is 26.7 Å². The fraction of sp³-hybridized carbons (Fsp3) is 0.389. The SMILES string of the molecule is Cc1cc(C(=O)Nc2ccc(Cl)c(Cl)c2)nc(N2CCCC(C)C2)n1. The molecule has 3 rings (SSSR count). The van der Waals surface area contributed by atoms with E-state index >= 15 is 0 Å². The lowest BCUT2D eigenvalue weighted by molar-refractivity contribution is 0.102. The minimum atomic E-state index is -0.296. The number of nitrogens with one attached hydrogen (secondary N) is 1. The Morgan fingerprint density at radius 3 is 2.76 bits per heavy atom. The number of carbonyl (C=O) groups is 1. The van der Waals surface area contributed by atoms with Crippen LogP contribution in [0.5, 0.6) is 0 Å². The second-order valence-corrected chi connectivity index (χ2v) is 7.29. The first-order valence-corrected chi connectivity index (χ1v) is 9.05. The van der Waals surface area contributed by atoms with Gasteiger partial charge in [0.25, 0.3) is 5.91 Å². The molecule has 132 valence electrons. The number of anilines is 2. The van der Waals surface area contributed by atoms with E-state index in [-0.39, 0.29) is 5.91 Å². The van der Waals surface area contributed by atoms with E-state index in [9.17, 15) is 4.79 Å². The number of piperidine rings is 1. The van der Waals surface area contributed by atoms with Crippen LogP contribution in [0.4, 0.5) is 11.6 Å². The molecule has 2 aromatic rings. The normalized spacial score (nSPS) is 17.4. The van der Waals surface area contributed by atoms with Gasteiger partial charge in [0.05, 0.1) is 10.0 Å². The summed E-state index contributed by atoms with van der Waals surface area (Å²) in [6.45, 7) is 5.92. The molecular weight excluding hydrogens is 359 g/mol. The van der Waals surface area contributed by atoms with E-state index in [1.807, 2.05) is 6.92 Å². The van der Waals surface area contributed by atoms with Crippen LogP contribution in [-0.4, -0.2) is 29.0 Å². The Labute approximate surface area is 157 Å². The number of amides is 1. The topological polar surface area (TPSA) is 58.1 Å². The molecule has 2 heterocycles. The number of carbonyl (C=O) groups excluding carboxylic acids is 1. The predicted octanol–water partition coefficient (Wildman–Crippen LogP) is 4.58. The molecule has 0 spiro atoms. The highest BCUT2D eigenvalue weighted by Gasteiger charge is 2.20. The third-order valence-electron chi connectivity index (χ3n) is 4.19. The molecular formula is C18H20Cl2N4O. The third kappa shape index (κ3) is 4.41. The second kappa shape index (κ2) is 7.58. The van der Waals surface area contributed by atoms with E-state index in [2.05, 4.69) is 27.1 Å². The number of halogens is 2. The van der Waals surface area contributed by atoms with Gasteiger partial charge in [-0.1, -0.05) is 30.1 Å². The molecule has 1 aliphatic rings. The van der Waals surface area contributed by atoms with Crippen LogP contribution in [0.2, 0.25) is 10.0 Å². The van der Waals surface area contributed by atoms with Crippen molar-refractivity contribution in [3.8, 4) is 0 Å². The molecule has 5 nitrogen and oxygen atoms in total. The first-order valence-electron chi connectivity index (χ1n) is 8.29. The van der Waals surface area contributed by atoms with Crippen LogP contribution >= 0.6 is 23.2 Å². The minimum absolute atomic E-state index is 0.296. The molecule has 7 heteroatoms. The lowest BCUT2D eigenvalue weighted by Crippen LogP contribution is -2.36. The summed E-state index contributed by atoms with van der Waals surface area (Å²) < 4.78 is 0. The number of rotatable bonds is 3. The molecule has 0 aliphatic carbocycles. The van der Waals surface area contributed by atoms with Gasteiger partial charge >= 0.3 is 0 Å². The van der Waals surface area contributed by atoms with Crippen LogP contribution in [0.25, 0.3) is 0 Å². The standard InChI is InChI=1S/C18H20Cl2N4O/c1-11-4-3-7-24(10-11)18-21-12(2)8-16(23-18)17(25)22-13-5-6-14(19)15(20)9-13/h5-6,8-9,11H,3-4,7,10H2,1-2H3,(H,22,25). The van der Waals surface area contributed by atoms with Crippen LogP contribution in [0, 0.1) is 12.8 Å². The van der Waals surface area contributed by atoms with Crippen molar-refractivity contribution < 1.29 is 4.79 Å². The Bertz CT molecular complexity index is 797. The molecule has 1 saturated heterocycles. The van der Waals surface area contributed by atoms with Crippen molar-refractivity contribution in [2.75, 3.05) is 23.3 Å². The Balaban J connectivity index is 1.81. The quantitative estimate of drug-likeness (QED) is 0.848. The smallest absolute Gasteiger partial charge is 0.274 e. The molecule has 25 heavy (non-hydrogen) atoms. The number of aryl methyl sites for hydroxylation is 1. The Hall–Kier alpha value is -1.85. The van der Waals surface area contributed by atoms with Crippen molar-refractivity contribution in [2.24, 2.45) is 5.92 Å². The zero-order valence-corrected chi connectivity index (χ0v) is 15.7. The Morgan fingerprint density at radius 2 is 2.04 bits per heavy atom. The van der Waals surface area contributed by atoms with Gasteiger partial charge in [-0.25, -0.2) is 9.97 Å². The Kier molecular flexibility index (Phi) is 5.45. The summed E-state index contributed by atoms with van der Waals surface area (Å²) in [5.41, 5.74) is 1.68. The van der Waals surface area contributed by atoms with Gasteiger partial charge in [-0.05, 0) is 49.9 Å². The van der Waals surface area contributed by atoms with Gasteiger partial charge in [0.15, 0.2) is 0 Å². The highest BCUT2D eigenvalue weighted by Crippen LogP contribution is 2.25. The Morgan fingerprint density at radius 1 is 1.24 bits per heavy atom. The van der Waals surface area contributed by atoms with E-state index < -0.39 is 0 Å². The number of hydrogen-bond acceptors (Lipinski definition) is 4. The third-order valence-corrected chi connectivity index (χ3v) is 4.93. The van der Waals surface area contributed by atoms with Crippen LogP contribution in [0.3, 0.4) is 0 Å². The molecule has 1 fully saturated rings. The first kappa shape index (κ1) is 18.0. The average molecular weight is 379 g/mol. The maximum atomic E-state index is 12.6. The number of nitrogens with zero attached hydrogens (tertiary/aromatic N) is 3. The number of benzene rings is 1. The largest absolute Gasteiger partial charge is 0.341 e. The molecule has 0 bridgehead atoms. The van der Waals surface area contributed by atoms with E-state index in [1.54, 1.807) is 24.3 Å². The van der Waals surface area contributed by atoms with Crippen molar-refractivity contribution >= 4 is 40.7 Å². The monoisotopic (exact) mass is 378 g/mol.